The van der Waals surface area contributed by atoms with Crippen molar-refractivity contribution in [2.45, 2.75) is 9.79 Å². The average molecular weight is 881 g/mol. The number of hydrogen-bond acceptors (Lipinski definition) is 13. The zero-order valence-electron chi connectivity index (χ0n) is 28.6. The molecule has 3 heterocycles. The Morgan fingerprint density at radius 3 is 1.28 bits per heavy atom. The number of phenolic OH excluding ortho intramolecular Hbond substituents is 1. The number of phenols is 1. The summed E-state index contributed by atoms with van der Waals surface area (Å²) in [6.45, 7) is 0. The Labute approximate surface area is 341 Å². The summed E-state index contributed by atoms with van der Waals surface area (Å²) < 4.78 is 61.3. The number of thiophene rings is 3. The molecule has 0 aliphatic heterocycles. The summed E-state index contributed by atoms with van der Waals surface area (Å²) in [5.74, 6) is -1.72. The van der Waals surface area contributed by atoms with Gasteiger partial charge in [-0.2, -0.15) is 16.8 Å². The van der Waals surface area contributed by atoms with Crippen LogP contribution in [0.5, 0.6) is 17.2 Å². The van der Waals surface area contributed by atoms with Gasteiger partial charge in [-0.3, -0.25) is 4.79 Å². The van der Waals surface area contributed by atoms with E-state index >= 15 is 0 Å². The molecule has 0 spiro atoms. The van der Waals surface area contributed by atoms with Gasteiger partial charge >= 0.3 is 32.2 Å². The van der Waals surface area contributed by atoms with Crippen LogP contribution < -0.4 is 8.37 Å². The highest BCUT2D eigenvalue weighted by molar-refractivity contribution is 7.87. The fourth-order valence-corrected chi connectivity index (χ4v) is 10.0. The Morgan fingerprint density at radius 1 is 0.509 bits per heavy atom. The SMILES string of the molecule is O=C(Cl)c1csc2ccc(OS(=O)(=O)c3ccccc3)cc12.O=C(O)c1csc2ccc(O)cc12.O=C(O)c1csc2ccc(OS(=O)(=O)c3ccccc3)cc12. The van der Waals surface area contributed by atoms with Gasteiger partial charge in [-0.05, 0) is 90.5 Å². The fourth-order valence-electron chi connectivity index (χ4n) is 5.14. The van der Waals surface area contributed by atoms with Crippen LogP contribution in [-0.2, 0) is 20.2 Å². The zero-order valence-corrected chi connectivity index (χ0v) is 33.5. The Kier molecular flexibility index (Phi) is 12.3. The van der Waals surface area contributed by atoms with Gasteiger partial charge in [0.25, 0.3) is 5.24 Å². The highest BCUT2D eigenvalue weighted by atomic mass is 35.5. The number of carboxylic acids is 2. The Morgan fingerprint density at radius 2 is 0.877 bits per heavy atom. The van der Waals surface area contributed by atoms with Crippen molar-refractivity contribution in [1.82, 2.24) is 0 Å². The van der Waals surface area contributed by atoms with E-state index in [9.17, 15) is 31.2 Å². The van der Waals surface area contributed by atoms with E-state index in [0.717, 1.165) is 14.1 Å². The highest BCUT2D eigenvalue weighted by Crippen LogP contribution is 2.33. The predicted molar refractivity (Wildman–Crippen MR) is 220 cm³/mol. The number of rotatable bonds is 9. The number of aromatic hydroxyl groups is 1. The predicted octanol–water partition coefficient (Wildman–Crippen LogP) is 9.72. The maximum atomic E-state index is 12.2. The van der Waals surface area contributed by atoms with Crippen molar-refractivity contribution < 1.29 is 54.9 Å². The summed E-state index contributed by atoms with van der Waals surface area (Å²) in [5, 5.41) is 32.8. The summed E-state index contributed by atoms with van der Waals surface area (Å²) in [6.07, 6.45) is 0. The summed E-state index contributed by atoms with van der Waals surface area (Å²) in [6, 6.07) is 29.6. The van der Waals surface area contributed by atoms with Crippen LogP contribution >= 0.6 is 45.6 Å². The third-order valence-electron chi connectivity index (χ3n) is 7.80. The van der Waals surface area contributed by atoms with E-state index in [-0.39, 0.29) is 38.2 Å². The number of hydrogen-bond donors (Lipinski definition) is 3. The van der Waals surface area contributed by atoms with Crippen LogP contribution in [0.3, 0.4) is 0 Å². The molecule has 0 radical (unpaired) electrons. The van der Waals surface area contributed by atoms with Crippen LogP contribution in [0.25, 0.3) is 30.3 Å². The monoisotopic (exact) mass is 880 g/mol. The molecule has 290 valence electrons. The zero-order chi connectivity index (χ0) is 40.9. The summed E-state index contributed by atoms with van der Waals surface area (Å²) >= 11 is 9.51. The molecular weight excluding hydrogens is 856 g/mol. The summed E-state index contributed by atoms with van der Waals surface area (Å²) in [5.41, 5.74) is 0.711. The average Bonchev–Trinajstić information content (AvgIpc) is 3.92. The fraction of sp³-hybridized carbons (Fsp3) is 0. The minimum Gasteiger partial charge on any atom is -0.508 e. The maximum absolute atomic E-state index is 12.2. The van der Waals surface area contributed by atoms with E-state index in [4.69, 9.17) is 35.3 Å². The van der Waals surface area contributed by atoms with E-state index in [0.29, 0.717) is 21.7 Å². The molecule has 0 atom stereocenters. The number of fused-ring (bicyclic) bond motifs is 3. The van der Waals surface area contributed by atoms with Crippen LogP contribution in [-0.4, -0.2) is 49.3 Å². The topological polar surface area (TPSA) is 199 Å². The molecule has 12 nitrogen and oxygen atoms in total. The molecule has 0 saturated heterocycles. The molecule has 8 rings (SSSR count). The Bertz CT molecular complexity index is 2830. The minimum absolute atomic E-state index is 0.0406. The van der Waals surface area contributed by atoms with Gasteiger partial charge in [0.15, 0.2) is 0 Å². The van der Waals surface area contributed by atoms with E-state index in [1.165, 1.54) is 87.9 Å². The highest BCUT2D eigenvalue weighted by Gasteiger charge is 2.19. The molecular formula is C39H25ClO12S5. The van der Waals surface area contributed by atoms with Crippen molar-refractivity contribution >= 4 is 113 Å². The normalized spacial score (nSPS) is 11.2. The molecule has 0 aliphatic carbocycles. The van der Waals surface area contributed by atoms with E-state index in [1.807, 2.05) is 0 Å². The molecule has 3 aromatic heterocycles. The quantitative estimate of drug-likeness (QED) is 0.0918. The van der Waals surface area contributed by atoms with E-state index in [2.05, 4.69) is 0 Å². The first-order valence-corrected chi connectivity index (χ1v) is 21.8. The van der Waals surface area contributed by atoms with Gasteiger partial charge in [0.2, 0.25) is 0 Å². The van der Waals surface area contributed by atoms with Crippen molar-refractivity contribution in [3.63, 3.8) is 0 Å². The Balaban J connectivity index is 0.000000150. The number of carbonyl (C=O) groups excluding carboxylic acids is 1. The number of halogens is 1. The van der Waals surface area contributed by atoms with Crippen molar-refractivity contribution in [3.8, 4) is 17.2 Å². The first-order valence-electron chi connectivity index (χ1n) is 16.0. The summed E-state index contributed by atoms with van der Waals surface area (Å²) in [4.78, 5) is 33.3. The van der Waals surface area contributed by atoms with Crippen LogP contribution in [0.4, 0.5) is 0 Å². The second-order valence-electron chi connectivity index (χ2n) is 11.5. The lowest BCUT2D eigenvalue weighted by Gasteiger charge is -2.07. The standard InChI is InChI=1S/C15H9ClO4S2.C15H10O5S2.C9H6O3S/c2*16-15(17)13-9-21-14-7-6-10(8-12(13)14)20-22(18,19)11-4-2-1-3-5-11;10-5-1-2-8-6(3-5)7(4-13-8)9(11)12/h1-9H;1-9H,(H,16,17);1-4,10H,(H,11,12). The molecule has 57 heavy (non-hydrogen) atoms. The molecule has 0 saturated carbocycles. The smallest absolute Gasteiger partial charge is 0.339 e. The molecule has 0 fully saturated rings. The van der Waals surface area contributed by atoms with Gasteiger partial charge in [-0.15, -0.1) is 34.0 Å². The van der Waals surface area contributed by atoms with Gasteiger partial charge < -0.3 is 23.7 Å². The number of carboxylic acid groups (broad SMARTS) is 2. The number of carbonyl (C=O) groups is 3. The molecule has 3 N–H and O–H groups in total. The molecule has 8 aromatic rings. The van der Waals surface area contributed by atoms with E-state index in [1.54, 1.807) is 77.5 Å². The summed E-state index contributed by atoms with van der Waals surface area (Å²) in [7, 11) is -7.85. The minimum atomic E-state index is -3.94. The van der Waals surface area contributed by atoms with Crippen LogP contribution in [0.2, 0.25) is 0 Å². The van der Waals surface area contributed by atoms with Gasteiger partial charge in [0.05, 0.1) is 16.7 Å². The molecule has 18 heteroatoms. The van der Waals surface area contributed by atoms with Crippen LogP contribution in [0.15, 0.2) is 141 Å². The van der Waals surface area contributed by atoms with Crippen molar-refractivity contribution in [2.75, 3.05) is 0 Å². The number of benzene rings is 5. The first kappa shape index (κ1) is 40.8. The molecule has 5 aromatic carbocycles. The van der Waals surface area contributed by atoms with Crippen molar-refractivity contribution in [3.05, 3.63) is 148 Å². The van der Waals surface area contributed by atoms with Gasteiger partial charge in [-0.1, -0.05) is 36.4 Å². The van der Waals surface area contributed by atoms with Crippen molar-refractivity contribution in [2.24, 2.45) is 0 Å². The molecule has 0 bridgehead atoms. The first-order chi connectivity index (χ1) is 27.1. The van der Waals surface area contributed by atoms with Gasteiger partial charge in [-0.25, -0.2) is 9.59 Å². The van der Waals surface area contributed by atoms with E-state index < -0.39 is 37.4 Å². The molecule has 0 aliphatic rings. The third-order valence-corrected chi connectivity index (χ3v) is 13.4. The lowest BCUT2D eigenvalue weighted by molar-refractivity contribution is 0.0688. The van der Waals surface area contributed by atoms with Gasteiger partial charge in [0, 0.05) is 46.4 Å². The Hall–Kier alpha value is -5.82. The van der Waals surface area contributed by atoms with Crippen molar-refractivity contribution in [1.29, 1.82) is 0 Å². The maximum Gasteiger partial charge on any atom is 0.339 e. The molecule has 0 amide bonds. The third kappa shape index (κ3) is 9.60. The van der Waals surface area contributed by atoms with Crippen LogP contribution in [0.1, 0.15) is 31.1 Å². The second kappa shape index (κ2) is 17.1. The lowest BCUT2D eigenvalue weighted by atomic mass is 10.2. The number of aromatic carboxylic acids is 2. The largest absolute Gasteiger partial charge is 0.508 e. The van der Waals surface area contributed by atoms with Crippen LogP contribution in [0, 0.1) is 0 Å². The lowest BCUT2D eigenvalue weighted by Crippen LogP contribution is -2.09. The molecule has 0 unspecified atom stereocenters. The second-order valence-corrected chi connectivity index (χ2v) is 17.7. The van der Waals surface area contributed by atoms with Gasteiger partial charge in [0.1, 0.15) is 27.0 Å².